The summed E-state index contributed by atoms with van der Waals surface area (Å²) in [6, 6.07) is -0.352. The third kappa shape index (κ3) is 3.63. The predicted octanol–water partition coefficient (Wildman–Crippen LogP) is 2.74. The summed E-state index contributed by atoms with van der Waals surface area (Å²) in [6.45, 7) is 0.716. The highest BCUT2D eigenvalue weighted by molar-refractivity contribution is 7.17. The number of likely N-dealkylation sites (tertiary alicyclic amines) is 1. The molecule has 1 aromatic rings. The molecule has 8 heteroatoms. The molecule has 1 saturated heterocycles. The van der Waals surface area contributed by atoms with Crippen LogP contribution in [0.25, 0.3) is 0 Å². The van der Waals surface area contributed by atoms with Crippen molar-refractivity contribution in [3.05, 3.63) is 16.0 Å². The van der Waals surface area contributed by atoms with Crippen LogP contribution in [0.3, 0.4) is 0 Å². The Labute approximate surface area is 150 Å². The van der Waals surface area contributed by atoms with E-state index in [9.17, 15) is 14.4 Å². The van der Waals surface area contributed by atoms with Gasteiger partial charge < -0.3 is 14.7 Å². The van der Waals surface area contributed by atoms with Gasteiger partial charge in [0.2, 0.25) is 0 Å². The second-order valence-corrected chi connectivity index (χ2v) is 7.57. The summed E-state index contributed by atoms with van der Waals surface area (Å²) in [4.78, 5) is 38.6. The molecule has 0 aromatic carbocycles. The van der Waals surface area contributed by atoms with Crippen molar-refractivity contribution < 1.29 is 24.2 Å². The maximum Gasteiger partial charge on any atom is 0.341 e. The van der Waals surface area contributed by atoms with Gasteiger partial charge in [-0.1, -0.05) is 0 Å². The normalized spacial score (nSPS) is 19.9. The van der Waals surface area contributed by atoms with Crippen LogP contribution in [0.2, 0.25) is 0 Å². The number of thiophene rings is 1. The molecule has 1 aliphatic carbocycles. The summed E-state index contributed by atoms with van der Waals surface area (Å²) in [6.07, 6.45) is 5.07. The lowest BCUT2D eigenvalue weighted by Gasteiger charge is -2.30. The second-order valence-electron chi connectivity index (χ2n) is 6.46. The summed E-state index contributed by atoms with van der Waals surface area (Å²) >= 11 is 1.43. The van der Waals surface area contributed by atoms with E-state index in [2.05, 4.69) is 5.32 Å². The zero-order valence-corrected chi connectivity index (χ0v) is 15.0. The van der Waals surface area contributed by atoms with Crippen molar-refractivity contribution in [1.29, 1.82) is 0 Å². The molecule has 1 aliphatic heterocycles. The van der Waals surface area contributed by atoms with E-state index in [-0.39, 0.29) is 12.6 Å². The van der Waals surface area contributed by atoms with Crippen LogP contribution in [-0.4, -0.2) is 48.2 Å². The molecular weight excluding hydrogens is 344 g/mol. The fraction of sp³-hybridized carbons (Fsp3) is 0.588. The third-order valence-electron chi connectivity index (χ3n) is 4.84. The van der Waals surface area contributed by atoms with Gasteiger partial charge in [0.1, 0.15) is 5.00 Å². The SMILES string of the molecule is COC(=O)c1c(NC(=O)N2CCCC(C(=O)O)C2)sc2c1CCCC2. The van der Waals surface area contributed by atoms with Crippen molar-refractivity contribution in [2.45, 2.75) is 38.5 Å². The van der Waals surface area contributed by atoms with Crippen molar-refractivity contribution in [2.75, 3.05) is 25.5 Å². The van der Waals surface area contributed by atoms with E-state index >= 15 is 0 Å². The molecule has 1 fully saturated rings. The van der Waals surface area contributed by atoms with Crippen LogP contribution in [0.5, 0.6) is 0 Å². The number of rotatable bonds is 3. The number of fused-ring (bicyclic) bond motifs is 1. The topological polar surface area (TPSA) is 95.9 Å². The number of nitrogens with one attached hydrogen (secondary N) is 1. The molecule has 7 nitrogen and oxygen atoms in total. The molecule has 1 aromatic heterocycles. The number of carbonyl (C=O) groups is 3. The largest absolute Gasteiger partial charge is 0.481 e. The Morgan fingerprint density at radius 1 is 1.24 bits per heavy atom. The van der Waals surface area contributed by atoms with Crippen molar-refractivity contribution >= 4 is 34.3 Å². The van der Waals surface area contributed by atoms with Crippen molar-refractivity contribution in [2.24, 2.45) is 5.92 Å². The van der Waals surface area contributed by atoms with Gasteiger partial charge in [0, 0.05) is 18.0 Å². The number of ether oxygens (including phenoxy) is 1. The van der Waals surface area contributed by atoms with E-state index < -0.39 is 17.9 Å². The highest BCUT2D eigenvalue weighted by atomic mass is 32.1. The second kappa shape index (κ2) is 7.43. The van der Waals surface area contributed by atoms with Crippen LogP contribution in [-0.2, 0) is 22.4 Å². The Hall–Kier alpha value is -2.09. The molecule has 2 amide bonds. The number of aliphatic carboxylic acids is 1. The van der Waals surface area contributed by atoms with Gasteiger partial charge >= 0.3 is 18.0 Å². The highest BCUT2D eigenvalue weighted by Gasteiger charge is 2.31. The van der Waals surface area contributed by atoms with Crippen molar-refractivity contribution in [3.8, 4) is 0 Å². The summed E-state index contributed by atoms with van der Waals surface area (Å²) in [5.74, 6) is -1.84. The van der Waals surface area contributed by atoms with Crippen LogP contribution >= 0.6 is 11.3 Å². The zero-order chi connectivity index (χ0) is 18.0. The van der Waals surface area contributed by atoms with Crippen LogP contribution in [0.4, 0.5) is 9.80 Å². The fourth-order valence-electron chi connectivity index (χ4n) is 3.51. The Kier molecular flexibility index (Phi) is 5.27. The van der Waals surface area contributed by atoms with Crippen molar-refractivity contribution in [1.82, 2.24) is 4.90 Å². The van der Waals surface area contributed by atoms with E-state index in [0.717, 1.165) is 36.1 Å². The Balaban J connectivity index is 1.80. The minimum atomic E-state index is -0.876. The highest BCUT2D eigenvalue weighted by Crippen LogP contribution is 2.38. The fourth-order valence-corrected chi connectivity index (χ4v) is 4.78. The minimum Gasteiger partial charge on any atom is -0.481 e. The first-order valence-electron chi connectivity index (χ1n) is 8.52. The number of carbonyl (C=O) groups excluding carboxylic acids is 2. The van der Waals surface area contributed by atoms with E-state index in [1.807, 2.05) is 0 Å². The van der Waals surface area contributed by atoms with E-state index in [1.165, 1.54) is 23.3 Å². The number of amides is 2. The number of carboxylic acid groups (broad SMARTS) is 1. The number of hydrogen-bond acceptors (Lipinski definition) is 5. The Morgan fingerprint density at radius 2 is 2.00 bits per heavy atom. The van der Waals surface area contributed by atoms with Crippen LogP contribution in [0, 0.1) is 5.92 Å². The maximum atomic E-state index is 12.6. The standard InChI is InChI=1S/C17H22N2O5S/c1-24-16(22)13-11-6-2-3-7-12(11)25-14(13)18-17(23)19-8-4-5-10(9-19)15(20)21/h10H,2-9H2,1H3,(H,18,23)(H,20,21). The lowest BCUT2D eigenvalue weighted by atomic mass is 9.95. The third-order valence-corrected chi connectivity index (χ3v) is 6.05. The van der Waals surface area contributed by atoms with E-state index in [4.69, 9.17) is 9.84 Å². The van der Waals surface area contributed by atoms with Gasteiger partial charge in [-0.05, 0) is 44.1 Å². The van der Waals surface area contributed by atoms with E-state index in [1.54, 1.807) is 0 Å². The number of anilines is 1. The Morgan fingerprint density at radius 3 is 2.72 bits per heavy atom. The van der Waals surface area contributed by atoms with Crippen LogP contribution in [0.1, 0.15) is 46.5 Å². The van der Waals surface area contributed by atoms with Crippen LogP contribution < -0.4 is 5.32 Å². The lowest BCUT2D eigenvalue weighted by molar-refractivity contribution is -0.143. The van der Waals surface area contributed by atoms with Gasteiger partial charge in [0.25, 0.3) is 0 Å². The number of aryl methyl sites for hydroxylation is 1. The molecule has 0 saturated carbocycles. The Bertz CT molecular complexity index is 699. The average Bonchev–Trinajstić information content (AvgIpc) is 2.98. The summed E-state index contributed by atoms with van der Waals surface area (Å²) in [5.41, 5.74) is 1.45. The summed E-state index contributed by atoms with van der Waals surface area (Å²) < 4.78 is 4.90. The maximum absolute atomic E-state index is 12.6. The van der Waals surface area contributed by atoms with Gasteiger partial charge in [-0.25, -0.2) is 9.59 Å². The molecule has 0 radical (unpaired) electrons. The number of carboxylic acids is 1. The van der Waals surface area contributed by atoms with Gasteiger partial charge in [0.05, 0.1) is 18.6 Å². The number of nitrogens with zero attached hydrogens (tertiary/aromatic N) is 1. The predicted molar refractivity (Wildman–Crippen MR) is 93.3 cm³/mol. The molecule has 0 spiro atoms. The molecule has 2 aliphatic rings. The first-order valence-corrected chi connectivity index (χ1v) is 9.34. The van der Waals surface area contributed by atoms with E-state index in [0.29, 0.717) is 30.0 Å². The molecule has 0 bridgehead atoms. The number of methoxy groups -OCH3 is 1. The summed E-state index contributed by atoms with van der Waals surface area (Å²) in [7, 11) is 1.34. The van der Waals surface area contributed by atoms with Crippen molar-refractivity contribution in [3.63, 3.8) is 0 Å². The van der Waals surface area contributed by atoms with Gasteiger partial charge in [-0.3, -0.25) is 10.1 Å². The quantitative estimate of drug-likeness (QED) is 0.802. The molecule has 2 N–H and O–H groups in total. The zero-order valence-electron chi connectivity index (χ0n) is 14.2. The average molecular weight is 366 g/mol. The molecule has 2 heterocycles. The monoisotopic (exact) mass is 366 g/mol. The molecular formula is C17H22N2O5S. The number of piperidine rings is 1. The number of urea groups is 1. The summed E-state index contributed by atoms with van der Waals surface area (Å²) in [5, 5.41) is 12.5. The smallest absolute Gasteiger partial charge is 0.341 e. The minimum absolute atomic E-state index is 0.194. The molecule has 136 valence electrons. The lowest BCUT2D eigenvalue weighted by Crippen LogP contribution is -2.44. The van der Waals surface area contributed by atoms with Gasteiger partial charge in [-0.15, -0.1) is 11.3 Å². The van der Waals surface area contributed by atoms with Gasteiger partial charge in [-0.2, -0.15) is 0 Å². The molecule has 25 heavy (non-hydrogen) atoms. The van der Waals surface area contributed by atoms with Crippen LogP contribution in [0.15, 0.2) is 0 Å². The molecule has 3 rings (SSSR count). The first-order chi connectivity index (χ1) is 12.0. The number of esters is 1. The number of hydrogen-bond donors (Lipinski definition) is 2. The molecule has 1 unspecified atom stereocenters. The van der Waals surface area contributed by atoms with Gasteiger partial charge in [0.15, 0.2) is 0 Å². The first kappa shape index (κ1) is 17.7. The molecule has 1 atom stereocenters.